The first-order valence-electron chi connectivity index (χ1n) is 20.6. The van der Waals surface area contributed by atoms with Crippen molar-refractivity contribution in [2.75, 3.05) is 13.2 Å². The number of benzene rings is 1. The number of fused-ring (bicyclic) bond motifs is 4. The number of hydrogen-bond acceptors (Lipinski definition) is 9. The molecule has 1 aromatic carbocycles. The third-order valence-corrected chi connectivity index (χ3v) is 15.0. The summed E-state index contributed by atoms with van der Waals surface area (Å²) in [5.41, 5.74) is 0.622. The molecule has 0 amide bonds. The maximum atomic E-state index is 14.0. The number of nitrogens with zero attached hydrogens (tertiary/aromatic N) is 1. The number of esters is 2. The Bertz CT molecular complexity index is 1780. The van der Waals surface area contributed by atoms with Gasteiger partial charge in [-0.05, 0) is 105 Å². The number of hydrazine groups is 1. The molecule has 5 heterocycles. The highest BCUT2D eigenvalue weighted by atomic mass is 16.6. The Balaban J connectivity index is 1.29. The quantitative estimate of drug-likeness (QED) is 0.186. The third-order valence-electron chi connectivity index (χ3n) is 15.0. The van der Waals surface area contributed by atoms with Gasteiger partial charge in [-0.15, -0.1) is 5.92 Å². The van der Waals surface area contributed by atoms with Crippen molar-refractivity contribution >= 4 is 11.9 Å². The molecule has 290 valence electrons. The Morgan fingerprint density at radius 2 is 1.89 bits per heavy atom. The maximum absolute atomic E-state index is 14.0. The van der Waals surface area contributed by atoms with E-state index in [0.717, 1.165) is 56.9 Å². The molecule has 3 N–H and O–H groups in total. The van der Waals surface area contributed by atoms with Crippen LogP contribution < -0.4 is 5.43 Å². The van der Waals surface area contributed by atoms with Gasteiger partial charge in [-0.1, -0.05) is 62.9 Å². The summed E-state index contributed by atoms with van der Waals surface area (Å²) in [7, 11) is 0. The van der Waals surface area contributed by atoms with Crippen LogP contribution in [0.2, 0.25) is 0 Å². The summed E-state index contributed by atoms with van der Waals surface area (Å²) in [5, 5.41) is 28.7. The summed E-state index contributed by atoms with van der Waals surface area (Å²) in [6.07, 6.45) is 12.8. The third kappa shape index (κ3) is 5.92. The molecule has 3 saturated carbocycles. The highest BCUT2D eigenvalue weighted by Gasteiger charge is 2.84. The molecule has 5 bridgehead atoms. The average Bonchev–Trinajstić information content (AvgIpc) is 3.81. The van der Waals surface area contributed by atoms with E-state index < -0.39 is 45.7 Å². The first kappa shape index (κ1) is 37.6. The first-order chi connectivity index (χ1) is 26.0. The minimum Gasteiger partial charge on any atom is -0.458 e. The Kier molecular flexibility index (Phi) is 9.96. The molecule has 1 aromatic rings. The van der Waals surface area contributed by atoms with Crippen molar-refractivity contribution in [1.82, 2.24) is 10.4 Å². The van der Waals surface area contributed by atoms with Crippen molar-refractivity contribution in [2.24, 2.45) is 34.0 Å². The van der Waals surface area contributed by atoms with Gasteiger partial charge in [0.25, 0.3) is 0 Å². The van der Waals surface area contributed by atoms with Crippen molar-refractivity contribution in [3.8, 4) is 23.9 Å². The normalized spacial score (nSPS) is 41.4. The lowest BCUT2D eigenvalue weighted by Gasteiger charge is -2.73. The zero-order chi connectivity index (χ0) is 37.8. The van der Waals surface area contributed by atoms with Gasteiger partial charge in [0.15, 0.2) is 5.72 Å². The molecule has 1 saturated heterocycles. The van der Waals surface area contributed by atoms with Crippen LogP contribution in [-0.2, 0) is 30.2 Å². The molecule has 9 nitrogen and oxygen atoms in total. The highest BCUT2D eigenvalue weighted by molar-refractivity contribution is 5.85. The van der Waals surface area contributed by atoms with Gasteiger partial charge in [0, 0.05) is 30.9 Å². The summed E-state index contributed by atoms with van der Waals surface area (Å²) >= 11 is 0. The molecular formula is C45H58N2O7. The molecular weight excluding hydrogens is 681 g/mol. The van der Waals surface area contributed by atoms with E-state index in [0.29, 0.717) is 51.0 Å². The van der Waals surface area contributed by atoms with Crippen LogP contribution in [0.5, 0.6) is 0 Å². The second-order valence-electron chi connectivity index (χ2n) is 18.1. The topological polar surface area (TPSA) is 118 Å². The van der Waals surface area contributed by atoms with Gasteiger partial charge >= 0.3 is 11.9 Å². The number of hydrogen-bond donors (Lipinski definition) is 3. The van der Waals surface area contributed by atoms with Crippen LogP contribution in [0.4, 0.5) is 0 Å². The van der Waals surface area contributed by atoms with E-state index in [1.807, 2.05) is 6.07 Å². The fourth-order valence-electron chi connectivity index (χ4n) is 12.9. The lowest BCUT2D eigenvalue weighted by atomic mass is 9.34. The Morgan fingerprint density at radius 1 is 1.06 bits per heavy atom. The van der Waals surface area contributed by atoms with E-state index in [-0.39, 0.29) is 36.9 Å². The first-order valence-corrected chi connectivity index (χ1v) is 20.6. The predicted octanol–water partition coefficient (Wildman–Crippen LogP) is 5.98. The van der Waals surface area contributed by atoms with Crippen LogP contribution in [0.1, 0.15) is 116 Å². The second-order valence-corrected chi connectivity index (χ2v) is 18.1. The monoisotopic (exact) mass is 738 g/mol. The summed E-state index contributed by atoms with van der Waals surface area (Å²) in [6, 6.07) is 10.7. The fraction of sp³-hybridized carbons (Fsp3) is 0.689. The van der Waals surface area contributed by atoms with Gasteiger partial charge in [-0.2, -0.15) is 0 Å². The number of carbonyl (C=O) groups is 2. The van der Waals surface area contributed by atoms with Gasteiger partial charge < -0.3 is 24.4 Å². The van der Waals surface area contributed by atoms with Crippen molar-refractivity contribution in [1.29, 1.82) is 0 Å². The van der Waals surface area contributed by atoms with Crippen LogP contribution in [0.25, 0.3) is 0 Å². The number of rotatable bonds is 11. The highest BCUT2D eigenvalue weighted by Crippen LogP contribution is 2.75. The van der Waals surface area contributed by atoms with Crippen LogP contribution in [0, 0.1) is 57.9 Å². The number of aliphatic hydroxyl groups is 2. The van der Waals surface area contributed by atoms with Gasteiger partial charge in [0.1, 0.15) is 18.3 Å². The minimum atomic E-state index is -1.36. The largest absolute Gasteiger partial charge is 0.458 e. The standard InChI is InChI=1S/C45H58N2O7/c1-31(12-9-15-32-13-5-4-6-14-32)19-20-36(48)45-37(49)22-24-42(3)34-16-10-17-35(34)47-26-11-27-53-44(45,25-21-33-28-39(51)52-29-33)41(2)23-8-7-18-38(50)54-43(30-41,46-47)40(42)45/h4-6,13-14,28,31,34-37,40,46,48-49H,7,9-10,12,15-22,24-26,29-30H2,1-3H3. The maximum Gasteiger partial charge on any atom is 0.331 e. The second kappa shape index (κ2) is 14.3. The minimum absolute atomic E-state index is 0.141. The van der Waals surface area contributed by atoms with Crippen LogP contribution in [0.15, 0.2) is 42.0 Å². The zero-order valence-electron chi connectivity index (χ0n) is 32.3. The Labute approximate surface area is 320 Å². The summed E-state index contributed by atoms with van der Waals surface area (Å²) in [5.74, 6) is 9.63. The summed E-state index contributed by atoms with van der Waals surface area (Å²) < 4.78 is 19.4. The molecule has 12 atom stereocenters. The molecule has 3 aliphatic carbocycles. The van der Waals surface area contributed by atoms with E-state index in [9.17, 15) is 19.8 Å². The van der Waals surface area contributed by atoms with Crippen molar-refractivity contribution in [3.05, 3.63) is 47.5 Å². The molecule has 12 unspecified atom stereocenters. The summed E-state index contributed by atoms with van der Waals surface area (Å²) in [6.45, 7) is 7.26. The Morgan fingerprint density at radius 3 is 2.69 bits per heavy atom. The fourth-order valence-corrected chi connectivity index (χ4v) is 12.9. The number of carbonyl (C=O) groups excluding carboxylic acids is 2. The summed E-state index contributed by atoms with van der Waals surface area (Å²) in [4.78, 5) is 26.3. The number of nitrogens with one attached hydrogen (secondary N) is 1. The SMILES string of the molecule is CC(CCCc1ccccc1)CCC(O)C12C(O)CCC3(C)C4CCCC4N4CC#COC1(CCC1=CC(=O)OC1)C1(C)C#CCCC(=O)OC(C1)(N4)C32. The van der Waals surface area contributed by atoms with Crippen molar-refractivity contribution in [3.63, 3.8) is 0 Å². The van der Waals surface area contributed by atoms with E-state index in [1.165, 1.54) is 5.56 Å². The lowest BCUT2D eigenvalue weighted by molar-refractivity contribution is -0.363. The number of aliphatic hydroxyl groups excluding tert-OH is 2. The Hall–Kier alpha value is -3.34. The van der Waals surface area contributed by atoms with Gasteiger partial charge in [-0.25, -0.2) is 15.2 Å². The van der Waals surface area contributed by atoms with Crippen LogP contribution in [-0.4, -0.2) is 69.9 Å². The predicted molar refractivity (Wildman–Crippen MR) is 202 cm³/mol. The smallest absolute Gasteiger partial charge is 0.331 e. The van der Waals surface area contributed by atoms with Gasteiger partial charge in [-0.3, -0.25) is 4.79 Å². The van der Waals surface area contributed by atoms with Crippen LogP contribution >= 0.6 is 0 Å². The zero-order valence-corrected chi connectivity index (χ0v) is 32.3. The van der Waals surface area contributed by atoms with Gasteiger partial charge in [0.05, 0.1) is 36.0 Å². The van der Waals surface area contributed by atoms with E-state index >= 15 is 0 Å². The molecule has 9 heteroatoms. The van der Waals surface area contributed by atoms with Crippen molar-refractivity contribution < 1.29 is 34.0 Å². The number of cyclic esters (lactones) is 1. The molecule has 9 rings (SSSR count). The molecule has 0 aromatic heterocycles. The molecule has 1 spiro atoms. The molecule has 0 radical (unpaired) electrons. The van der Waals surface area contributed by atoms with Crippen molar-refractivity contribution in [2.45, 2.75) is 147 Å². The van der Waals surface area contributed by atoms with Crippen LogP contribution in [0.3, 0.4) is 0 Å². The number of aryl methyl sites for hydroxylation is 1. The molecule has 54 heavy (non-hydrogen) atoms. The average molecular weight is 739 g/mol. The molecule has 5 aliphatic heterocycles. The van der Waals surface area contributed by atoms with Gasteiger partial charge in [0.2, 0.25) is 0 Å². The van der Waals surface area contributed by atoms with E-state index in [1.54, 1.807) is 6.08 Å². The number of ether oxygens (including phenoxy) is 3. The molecule has 4 fully saturated rings. The van der Waals surface area contributed by atoms with E-state index in [2.05, 4.69) is 79.3 Å². The molecule has 8 aliphatic rings. The lowest BCUT2D eigenvalue weighted by Crippen LogP contribution is -2.84. The van der Waals surface area contributed by atoms with E-state index in [4.69, 9.17) is 14.2 Å².